The number of carboxylic acids is 1. The van der Waals surface area contributed by atoms with E-state index in [0.29, 0.717) is 6.42 Å². The number of aromatic amines is 1. The van der Waals surface area contributed by atoms with E-state index < -0.39 is 5.97 Å². The molecule has 1 aromatic carbocycles. The highest BCUT2D eigenvalue weighted by Gasteiger charge is 2.08. The fourth-order valence-corrected chi connectivity index (χ4v) is 2.24. The smallest absolute Gasteiger partial charge is 0.303 e. The van der Waals surface area contributed by atoms with Gasteiger partial charge in [0, 0.05) is 23.0 Å². The minimum absolute atomic E-state index is 0.234. The number of nitrogens with one attached hydrogen (secondary N) is 1. The molecular weight excluding hydrogens is 214 g/mol. The van der Waals surface area contributed by atoms with E-state index in [9.17, 15) is 4.79 Å². The van der Waals surface area contributed by atoms with Gasteiger partial charge in [0.2, 0.25) is 0 Å². The largest absolute Gasteiger partial charge is 0.481 e. The monoisotopic (exact) mass is 231 g/mol. The molecule has 2 N–H and O–H groups in total. The van der Waals surface area contributed by atoms with E-state index in [1.165, 1.54) is 16.5 Å². The number of H-pyrrole nitrogens is 1. The minimum atomic E-state index is -0.724. The van der Waals surface area contributed by atoms with Crippen molar-refractivity contribution in [1.82, 2.24) is 4.98 Å². The quantitative estimate of drug-likeness (QED) is 0.849. The first-order chi connectivity index (χ1) is 8.08. The van der Waals surface area contributed by atoms with E-state index in [2.05, 4.69) is 30.1 Å². The van der Waals surface area contributed by atoms with Gasteiger partial charge in [-0.1, -0.05) is 12.1 Å². The number of aliphatic carboxylic acids is 1. The third-order valence-corrected chi connectivity index (χ3v) is 3.09. The lowest BCUT2D eigenvalue weighted by Gasteiger charge is -2.00. The van der Waals surface area contributed by atoms with Crippen LogP contribution in [0, 0.1) is 13.8 Å². The van der Waals surface area contributed by atoms with Gasteiger partial charge in [-0.15, -0.1) is 0 Å². The predicted octanol–water partition coefficient (Wildman–Crippen LogP) is 3.19. The van der Waals surface area contributed by atoms with Crippen molar-refractivity contribution >= 4 is 16.9 Å². The fraction of sp³-hybridized carbons (Fsp3) is 0.357. The Labute approximate surface area is 100 Å². The van der Waals surface area contributed by atoms with Crippen molar-refractivity contribution in [2.75, 3.05) is 0 Å². The molecule has 3 nitrogen and oxygen atoms in total. The summed E-state index contributed by atoms with van der Waals surface area (Å²) in [5, 5.41) is 9.87. The van der Waals surface area contributed by atoms with Crippen LogP contribution in [-0.4, -0.2) is 16.1 Å². The Balaban J connectivity index is 2.27. The van der Waals surface area contributed by atoms with Crippen LogP contribution in [0.5, 0.6) is 0 Å². The number of aromatic nitrogens is 1. The maximum absolute atomic E-state index is 10.5. The van der Waals surface area contributed by atoms with Crippen LogP contribution in [0.25, 0.3) is 10.9 Å². The van der Waals surface area contributed by atoms with Crippen molar-refractivity contribution in [2.24, 2.45) is 0 Å². The van der Waals surface area contributed by atoms with Crippen molar-refractivity contribution in [3.63, 3.8) is 0 Å². The lowest BCUT2D eigenvalue weighted by atomic mass is 10.0. The number of rotatable bonds is 4. The Morgan fingerprint density at radius 2 is 2.12 bits per heavy atom. The molecule has 17 heavy (non-hydrogen) atoms. The number of hydrogen-bond donors (Lipinski definition) is 2. The standard InChI is InChI=1S/C14H17NO2/c1-9-6-7-12-11(4-3-5-14(16)17)10(2)15-13(12)8-9/h6-8,15H,3-5H2,1-2H3,(H,16,17). The summed E-state index contributed by atoms with van der Waals surface area (Å²) in [4.78, 5) is 13.9. The Bertz CT molecular complexity index is 555. The van der Waals surface area contributed by atoms with Gasteiger partial charge in [0.1, 0.15) is 0 Å². The lowest BCUT2D eigenvalue weighted by molar-refractivity contribution is -0.137. The summed E-state index contributed by atoms with van der Waals surface area (Å²) in [5.74, 6) is -0.724. The van der Waals surface area contributed by atoms with E-state index in [4.69, 9.17) is 5.11 Å². The summed E-state index contributed by atoms with van der Waals surface area (Å²) in [6.45, 7) is 4.12. The molecule has 0 saturated carbocycles. The van der Waals surface area contributed by atoms with Crippen LogP contribution in [0.1, 0.15) is 29.7 Å². The second-order valence-corrected chi connectivity index (χ2v) is 4.52. The first-order valence-corrected chi connectivity index (χ1v) is 5.87. The summed E-state index contributed by atoms with van der Waals surface area (Å²) >= 11 is 0. The van der Waals surface area contributed by atoms with Gasteiger partial charge in [-0.3, -0.25) is 4.79 Å². The molecule has 0 atom stereocenters. The number of aryl methyl sites for hydroxylation is 3. The van der Waals surface area contributed by atoms with Crippen LogP contribution in [0.15, 0.2) is 18.2 Å². The van der Waals surface area contributed by atoms with Crippen molar-refractivity contribution < 1.29 is 9.90 Å². The van der Waals surface area contributed by atoms with Gasteiger partial charge >= 0.3 is 5.97 Å². The molecule has 0 fully saturated rings. The molecule has 0 radical (unpaired) electrons. The molecule has 2 rings (SSSR count). The number of hydrogen-bond acceptors (Lipinski definition) is 1. The van der Waals surface area contributed by atoms with E-state index in [-0.39, 0.29) is 6.42 Å². The molecule has 1 aromatic heterocycles. The Morgan fingerprint density at radius 1 is 1.35 bits per heavy atom. The van der Waals surface area contributed by atoms with Crippen molar-refractivity contribution in [2.45, 2.75) is 33.1 Å². The minimum Gasteiger partial charge on any atom is -0.481 e. The molecule has 0 saturated heterocycles. The summed E-state index contributed by atoms with van der Waals surface area (Å²) in [6, 6.07) is 6.34. The van der Waals surface area contributed by atoms with Gasteiger partial charge in [-0.25, -0.2) is 0 Å². The van der Waals surface area contributed by atoms with Crippen molar-refractivity contribution in [1.29, 1.82) is 0 Å². The topological polar surface area (TPSA) is 53.1 Å². The van der Waals surface area contributed by atoms with E-state index in [1.807, 2.05) is 6.92 Å². The van der Waals surface area contributed by atoms with Crippen LogP contribution in [0.3, 0.4) is 0 Å². The number of carbonyl (C=O) groups is 1. The molecule has 0 bridgehead atoms. The van der Waals surface area contributed by atoms with Gasteiger partial charge in [-0.05, 0) is 43.9 Å². The maximum Gasteiger partial charge on any atom is 0.303 e. The molecule has 0 amide bonds. The van der Waals surface area contributed by atoms with Gasteiger partial charge in [0.25, 0.3) is 0 Å². The first-order valence-electron chi connectivity index (χ1n) is 5.87. The number of benzene rings is 1. The van der Waals surface area contributed by atoms with Gasteiger partial charge in [0.05, 0.1) is 0 Å². The van der Waals surface area contributed by atoms with E-state index in [1.54, 1.807) is 0 Å². The Morgan fingerprint density at radius 3 is 2.82 bits per heavy atom. The third-order valence-electron chi connectivity index (χ3n) is 3.09. The molecule has 0 aliphatic heterocycles. The van der Waals surface area contributed by atoms with Crippen LogP contribution in [0.4, 0.5) is 0 Å². The average molecular weight is 231 g/mol. The summed E-state index contributed by atoms with van der Waals surface area (Å²) < 4.78 is 0. The van der Waals surface area contributed by atoms with Crippen LogP contribution in [-0.2, 0) is 11.2 Å². The third kappa shape index (κ3) is 2.49. The van der Waals surface area contributed by atoms with E-state index >= 15 is 0 Å². The second-order valence-electron chi connectivity index (χ2n) is 4.52. The predicted molar refractivity (Wildman–Crippen MR) is 68.3 cm³/mol. The SMILES string of the molecule is Cc1ccc2c(CCCC(=O)O)c(C)[nH]c2c1. The molecule has 0 aliphatic carbocycles. The summed E-state index contributed by atoms with van der Waals surface area (Å²) in [6.07, 6.45) is 1.75. The Hall–Kier alpha value is -1.77. The second kappa shape index (κ2) is 4.62. The highest BCUT2D eigenvalue weighted by molar-refractivity contribution is 5.85. The number of fused-ring (bicyclic) bond motifs is 1. The van der Waals surface area contributed by atoms with E-state index in [0.717, 1.165) is 17.6 Å². The summed E-state index contributed by atoms with van der Waals surface area (Å²) in [5.41, 5.74) is 4.78. The Kier molecular flexibility index (Phi) is 3.18. The molecule has 0 aliphatic rings. The highest BCUT2D eigenvalue weighted by atomic mass is 16.4. The molecule has 3 heteroatoms. The molecule has 0 spiro atoms. The molecular formula is C14H17NO2. The first kappa shape index (κ1) is 11.7. The summed E-state index contributed by atoms with van der Waals surface area (Å²) in [7, 11) is 0. The normalized spacial score (nSPS) is 10.9. The van der Waals surface area contributed by atoms with Gasteiger partial charge < -0.3 is 10.1 Å². The molecule has 2 aromatic rings. The van der Waals surface area contributed by atoms with Crippen LogP contribution < -0.4 is 0 Å². The maximum atomic E-state index is 10.5. The number of carboxylic acid groups (broad SMARTS) is 1. The van der Waals surface area contributed by atoms with Crippen molar-refractivity contribution in [3.05, 3.63) is 35.0 Å². The zero-order valence-electron chi connectivity index (χ0n) is 10.2. The van der Waals surface area contributed by atoms with Gasteiger partial charge in [0.15, 0.2) is 0 Å². The zero-order chi connectivity index (χ0) is 12.4. The molecule has 0 unspecified atom stereocenters. The zero-order valence-corrected chi connectivity index (χ0v) is 10.2. The van der Waals surface area contributed by atoms with Crippen LogP contribution >= 0.6 is 0 Å². The lowest BCUT2D eigenvalue weighted by Crippen LogP contribution is -1.96. The highest BCUT2D eigenvalue weighted by Crippen LogP contribution is 2.24. The van der Waals surface area contributed by atoms with Crippen molar-refractivity contribution in [3.8, 4) is 0 Å². The molecule has 90 valence electrons. The average Bonchev–Trinajstić information content (AvgIpc) is 2.54. The van der Waals surface area contributed by atoms with Gasteiger partial charge in [-0.2, -0.15) is 0 Å². The molecule has 1 heterocycles. The van der Waals surface area contributed by atoms with Crippen LogP contribution in [0.2, 0.25) is 0 Å². The fourth-order valence-electron chi connectivity index (χ4n) is 2.24.